The van der Waals surface area contributed by atoms with E-state index >= 15 is 0 Å². The zero-order chi connectivity index (χ0) is 10.6. The maximum absolute atomic E-state index is 10.6. The van der Waals surface area contributed by atoms with Crippen LogP contribution in [0.2, 0.25) is 0 Å². The highest BCUT2D eigenvalue weighted by Crippen LogP contribution is 2.23. The normalized spacial score (nSPS) is 25.1. The van der Waals surface area contributed by atoms with Crippen LogP contribution < -0.4 is 0 Å². The fraction of sp³-hybridized carbons (Fsp3) is 0.909. The van der Waals surface area contributed by atoms with Crippen molar-refractivity contribution in [2.75, 3.05) is 13.1 Å². The fourth-order valence-electron chi connectivity index (χ4n) is 2.26. The van der Waals surface area contributed by atoms with E-state index in [0.717, 1.165) is 25.4 Å². The molecular weight excluding hydrogens is 178 g/mol. The molecule has 3 nitrogen and oxygen atoms in total. The molecular formula is C11H21NO2. The second-order valence-corrected chi connectivity index (χ2v) is 4.22. The lowest BCUT2D eigenvalue weighted by Crippen LogP contribution is -2.34. The predicted molar refractivity (Wildman–Crippen MR) is 56.3 cm³/mol. The van der Waals surface area contributed by atoms with Crippen molar-refractivity contribution in [2.24, 2.45) is 5.92 Å². The number of rotatable bonds is 5. The molecule has 1 aliphatic heterocycles. The zero-order valence-corrected chi connectivity index (χ0v) is 9.20. The van der Waals surface area contributed by atoms with Crippen LogP contribution in [-0.2, 0) is 4.79 Å². The largest absolute Gasteiger partial charge is 0.481 e. The lowest BCUT2D eigenvalue weighted by atomic mass is 10.1. The van der Waals surface area contributed by atoms with E-state index < -0.39 is 5.97 Å². The van der Waals surface area contributed by atoms with E-state index in [-0.39, 0.29) is 6.04 Å². The maximum atomic E-state index is 10.6. The number of carboxylic acid groups (broad SMARTS) is 1. The molecule has 3 heteroatoms. The molecule has 0 bridgehead atoms. The Hall–Kier alpha value is -0.570. The summed E-state index contributed by atoms with van der Waals surface area (Å²) in [4.78, 5) is 13.0. The van der Waals surface area contributed by atoms with E-state index in [1.54, 1.807) is 0 Å². The summed E-state index contributed by atoms with van der Waals surface area (Å²) in [7, 11) is 0. The third-order valence-electron chi connectivity index (χ3n) is 3.29. The van der Waals surface area contributed by atoms with Crippen LogP contribution in [0.25, 0.3) is 0 Å². The summed E-state index contributed by atoms with van der Waals surface area (Å²) in [5.41, 5.74) is 0. The van der Waals surface area contributed by atoms with Gasteiger partial charge in [0, 0.05) is 12.6 Å². The lowest BCUT2D eigenvalue weighted by Gasteiger charge is -2.25. The van der Waals surface area contributed by atoms with Gasteiger partial charge in [-0.25, -0.2) is 0 Å². The van der Waals surface area contributed by atoms with E-state index in [0.29, 0.717) is 6.42 Å². The summed E-state index contributed by atoms with van der Waals surface area (Å²) in [6.07, 6.45) is 3.71. The van der Waals surface area contributed by atoms with Crippen molar-refractivity contribution in [1.29, 1.82) is 0 Å². The van der Waals surface area contributed by atoms with Crippen molar-refractivity contribution >= 4 is 5.97 Å². The Balaban J connectivity index is 2.42. The number of hydrogen-bond donors (Lipinski definition) is 1. The summed E-state index contributed by atoms with van der Waals surface area (Å²) >= 11 is 0. The molecule has 0 spiro atoms. The Morgan fingerprint density at radius 2 is 2.29 bits per heavy atom. The third-order valence-corrected chi connectivity index (χ3v) is 3.29. The van der Waals surface area contributed by atoms with Gasteiger partial charge in [0.05, 0.1) is 6.42 Å². The van der Waals surface area contributed by atoms with Gasteiger partial charge in [-0.3, -0.25) is 9.69 Å². The third kappa shape index (κ3) is 2.98. The van der Waals surface area contributed by atoms with Crippen LogP contribution in [0.4, 0.5) is 0 Å². The summed E-state index contributed by atoms with van der Waals surface area (Å²) in [6, 6.07) is 0.254. The van der Waals surface area contributed by atoms with Gasteiger partial charge in [0.25, 0.3) is 0 Å². The lowest BCUT2D eigenvalue weighted by molar-refractivity contribution is -0.138. The van der Waals surface area contributed by atoms with Crippen LogP contribution >= 0.6 is 0 Å². The highest BCUT2D eigenvalue weighted by Gasteiger charge is 2.27. The van der Waals surface area contributed by atoms with E-state index in [1.807, 2.05) is 0 Å². The molecule has 2 unspecified atom stereocenters. The maximum Gasteiger partial charge on any atom is 0.304 e. The molecule has 1 N–H and O–H groups in total. The average molecular weight is 199 g/mol. The molecule has 1 aliphatic rings. The van der Waals surface area contributed by atoms with Gasteiger partial charge in [0.1, 0.15) is 0 Å². The first-order chi connectivity index (χ1) is 6.67. The smallest absolute Gasteiger partial charge is 0.304 e. The quantitative estimate of drug-likeness (QED) is 0.736. The molecule has 0 amide bonds. The van der Waals surface area contributed by atoms with E-state index in [2.05, 4.69) is 18.7 Å². The average Bonchev–Trinajstić information content (AvgIpc) is 2.62. The molecule has 2 atom stereocenters. The van der Waals surface area contributed by atoms with E-state index in [9.17, 15) is 4.79 Å². The number of carboxylic acids is 1. The molecule has 0 aromatic heterocycles. The van der Waals surface area contributed by atoms with Crippen molar-refractivity contribution < 1.29 is 9.90 Å². The molecule has 82 valence electrons. The summed E-state index contributed by atoms with van der Waals surface area (Å²) < 4.78 is 0. The second kappa shape index (κ2) is 5.35. The SMILES string of the molecule is CCC1CCN(C(CC)CC(=O)O)C1. The first kappa shape index (κ1) is 11.5. The van der Waals surface area contributed by atoms with Gasteiger partial charge in [0.15, 0.2) is 0 Å². The topological polar surface area (TPSA) is 40.5 Å². The predicted octanol–water partition coefficient (Wildman–Crippen LogP) is 1.97. The van der Waals surface area contributed by atoms with Gasteiger partial charge in [-0.15, -0.1) is 0 Å². The van der Waals surface area contributed by atoms with Crippen LogP contribution in [-0.4, -0.2) is 35.1 Å². The standard InChI is InChI=1S/C11H21NO2/c1-3-9-5-6-12(8-9)10(4-2)7-11(13)14/h9-10H,3-8H2,1-2H3,(H,13,14). The minimum atomic E-state index is -0.670. The molecule has 1 heterocycles. The molecule has 0 saturated carbocycles. The molecule has 14 heavy (non-hydrogen) atoms. The molecule has 1 saturated heterocycles. The molecule has 1 rings (SSSR count). The summed E-state index contributed by atoms with van der Waals surface area (Å²) in [5.74, 6) is 0.120. The summed E-state index contributed by atoms with van der Waals surface area (Å²) in [5, 5.41) is 8.77. The zero-order valence-electron chi connectivity index (χ0n) is 9.20. The van der Waals surface area contributed by atoms with Crippen LogP contribution in [0, 0.1) is 5.92 Å². The number of nitrogens with zero attached hydrogens (tertiary/aromatic N) is 1. The Kier molecular flexibility index (Phi) is 4.39. The van der Waals surface area contributed by atoms with Gasteiger partial charge in [-0.2, -0.15) is 0 Å². The first-order valence-electron chi connectivity index (χ1n) is 5.63. The van der Waals surface area contributed by atoms with Crippen LogP contribution in [0.3, 0.4) is 0 Å². The van der Waals surface area contributed by atoms with Gasteiger partial charge in [-0.1, -0.05) is 20.3 Å². The Bertz CT molecular complexity index is 194. The van der Waals surface area contributed by atoms with Crippen molar-refractivity contribution in [3.63, 3.8) is 0 Å². The van der Waals surface area contributed by atoms with Gasteiger partial charge in [-0.05, 0) is 25.3 Å². The van der Waals surface area contributed by atoms with Crippen LogP contribution in [0.1, 0.15) is 39.5 Å². The Morgan fingerprint density at radius 1 is 1.57 bits per heavy atom. The first-order valence-corrected chi connectivity index (χ1v) is 5.63. The number of aliphatic carboxylic acids is 1. The van der Waals surface area contributed by atoms with E-state index in [4.69, 9.17) is 5.11 Å². The van der Waals surface area contributed by atoms with Crippen LogP contribution in [0.5, 0.6) is 0 Å². The van der Waals surface area contributed by atoms with Crippen molar-refractivity contribution in [3.05, 3.63) is 0 Å². The van der Waals surface area contributed by atoms with Gasteiger partial charge in [0.2, 0.25) is 0 Å². The Labute approximate surface area is 86.1 Å². The molecule has 1 fully saturated rings. The molecule has 0 aromatic carbocycles. The molecule has 0 radical (unpaired) electrons. The minimum Gasteiger partial charge on any atom is -0.481 e. The number of hydrogen-bond acceptors (Lipinski definition) is 2. The summed E-state index contributed by atoms with van der Waals surface area (Å²) in [6.45, 7) is 6.48. The highest BCUT2D eigenvalue weighted by molar-refractivity contribution is 5.67. The molecule has 0 aromatic rings. The van der Waals surface area contributed by atoms with Crippen molar-refractivity contribution in [2.45, 2.75) is 45.6 Å². The fourth-order valence-corrected chi connectivity index (χ4v) is 2.26. The Morgan fingerprint density at radius 3 is 2.71 bits per heavy atom. The van der Waals surface area contributed by atoms with Crippen LogP contribution in [0.15, 0.2) is 0 Å². The number of likely N-dealkylation sites (tertiary alicyclic amines) is 1. The van der Waals surface area contributed by atoms with Crippen molar-refractivity contribution in [1.82, 2.24) is 4.90 Å². The monoisotopic (exact) mass is 199 g/mol. The number of carbonyl (C=O) groups is 1. The van der Waals surface area contributed by atoms with Gasteiger partial charge >= 0.3 is 5.97 Å². The second-order valence-electron chi connectivity index (χ2n) is 4.22. The highest BCUT2D eigenvalue weighted by atomic mass is 16.4. The van der Waals surface area contributed by atoms with Crippen molar-refractivity contribution in [3.8, 4) is 0 Å². The van der Waals surface area contributed by atoms with Gasteiger partial charge < -0.3 is 5.11 Å². The minimum absolute atomic E-state index is 0.254. The molecule has 0 aliphatic carbocycles. The van der Waals surface area contributed by atoms with E-state index in [1.165, 1.54) is 12.8 Å².